The minimum atomic E-state index is -0.484. The Morgan fingerprint density at radius 2 is 2.04 bits per heavy atom. The Bertz CT molecular complexity index is 939. The molecule has 0 fully saturated rings. The second-order valence-corrected chi connectivity index (χ2v) is 6.43. The molecule has 1 aromatic heterocycles. The number of nitrogens with one attached hydrogen (secondary N) is 1. The summed E-state index contributed by atoms with van der Waals surface area (Å²) in [7, 11) is 3.83. The Balaban J connectivity index is 1.77. The summed E-state index contributed by atoms with van der Waals surface area (Å²) < 4.78 is 15.2. The molecule has 0 aliphatic rings. The third kappa shape index (κ3) is 4.03. The number of aromatic nitrogens is 2. The monoisotopic (exact) mass is 372 g/mol. The fraction of sp³-hybridized carbons (Fsp3) is 0.158. The van der Waals surface area contributed by atoms with E-state index in [-0.39, 0.29) is 10.9 Å². The van der Waals surface area contributed by atoms with Crippen LogP contribution >= 0.6 is 11.6 Å². The van der Waals surface area contributed by atoms with Crippen LogP contribution in [0.4, 0.5) is 15.9 Å². The van der Waals surface area contributed by atoms with Gasteiger partial charge in [-0.25, -0.2) is 9.07 Å². The zero-order chi connectivity index (χ0) is 18.7. The summed E-state index contributed by atoms with van der Waals surface area (Å²) >= 11 is 5.71. The van der Waals surface area contributed by atoms with Gasteiger partial charge in [0.15, 0.2) is 0 Å². The number of nitrogens with zero attached hydrogens (tertiary/aromatic N) is 3. The van der Waals surface area contributed by atoms with Crippen molar-refractivity contribution >= 4 is 29.0 Å². The summed E-state index contributed by atoms with van der Waals surface area (Å²) in [5.74, 6) is -0.194. The largest absolute Gasteiger partial charge is 0.378 e. The Morgan fingerprint density at radius 3 is 2.77 bits per heavy atom. The van der Waals surface area contributed by atoms with Crippen molar-refractivity contribution in [2.45, 2.75) is 6.54 Å². The quantitative estimate of drug-likeness (QED) is 0.735. The number of carbonyl (C=O) groups excluding carboxylic acids is 1. The van der Waals surface area contributed by atoms with Crippen molar-refractivity contribution in [3.8, 4) is 0 Å². The minimum absolute atomic E-state index is 0.0727. The molecule has 0 aliphatic heterocycles. The first-order valence-corrected chi connectivity index (χ1v) is 8.36. The SMILES string of the molecule is CN(C)c1cccc(C(=O)Nc2ccnn2Cc2ccc(Cl)c(F)c2)c1. The fourth-order valence-corrected chi connectivity index (χ4v) is 2.61. The molecule has 0 unspecified atom stereocenters. The lowest BCUT2D eigenvalue weighted by molar-refractivity contribution is 0.102. The van der Waals surface area contributed by atoms with Crippen LogP contribution in [0.2, 0.25) is 5.02 Å². The number of halogens is 2. The molecule has 3 aromatic rings. The Labute approximate surface area is 156 Å². The third-order valence-electron chi connectivity index (χ3n) is 3.90. The highest BCUT2D eigenvalue weighted by Gasteiger charge is 2.11. The summed E-state index contributed by atoms with van der Waals surface area (Å²) in [6.07, 6.45) is 1.58. The van der Waals surface area contributed by atoms with Gasteiger partial charge in [0.2, 0.25) is 0 Å². The molecule has 5 nitrogen and oxygen atoms in total. The maximum absolute atomic E-state index is 13.6. The van der Waals surface area contributed by atoms with Crippen molar-refractivity contribution in [3.63, 3.8) is 0 Å². The van der Waals surface area contributed by atoms with E-state index in [0.717, 1.165) is 5.69 Å². The van der Waals surface area contributed by atoms with Gasteiger partial charge in [-0.15, -0.1) is 0 Å². The molecule has 0 radical (unpaired) electrons. The highest BCUT2D eigenvalue weighted by Crippen LogP contribution is 2.19. The van der Waals surface area contributed by atoms with Crippen molar-refractivity contribution in [3.05, 3.63) is 76.7 Å². The van der Waals surface area contributed by atoms with Gasteiger partial charge in [0.25, 0.3) is 5.91 Å². The van der Waals surface area contributed by atoms with Crippen molar-refractivity contribution < 1.29 is 9.18 Å². The standard InChI is InChI=1S/C19H18ClFN4O/c1-24(2)15-5-3-4-14(11-15)19(26)23-18-8-9-22-25(18)12-13-6-7-16(20)17(21)10-13/h3-11H,12H2,1-2H3,(H,23,26). The highest BCUT2D eigenvalue weighted by atomic mass is 35.5. The van der Waals surface area contributed by atoms with E-state index in [0.29, 0.717) is 23.5 Å². The summed E-state index contributed by atoms with van der Waals surface area (Å²) in [5.41, 5.74) is 2.17. The van der Waals surface area contributed by atoms with Crippen LogP contribution in [0.15, 0.2) is 54.7 Å². The van der Waals surface area contributed by atoms with E-state index in [4.69, 9.17) is 11.6 Å². The van der Waals surface area contributed by atoms with Gasteiger partial charge in [-0.3, -0.25) is 4.79 Å². The van der Waals surface area contributed by atoms with Gasteiger partial charge in [0.1, 0.15) is 11.6 Å². The van der Waals surface area contributed by atoms with Crippen molar-refractivity contribution in [1.29, 1.82) is 0 Å². The molecule has 3 rings (SSSR count). The van der Waals surface area contributed by atoms with Gasteiger partial charge in [-0.1, -0.05) is 23.7 Å². The van der Waals surface area contributed by atoms with Crippen LogP contribution in [0.3, 0.4) is 0 Å². The van der Waals surface area contributed by atoms with Crippen LogP contribution < -0.4 is 10.2 Å². The summed E-state index contributed by atoms with van der Waals surface area (Å²) in [6, 6.07) is 13.6. The van der Waals surface area contributed by atoms with Gasteiger partial charge in [0, 0.05) is 31.4 Å². The fourth-order valence-electron chi connectivity index (χ4n) is 2.49. The summed E-state index contributed by atoms with van der Waals surface area (Å²) in [6.45, 7) is 0.314. The molecule has 2 aromatic carbocycles. The molecule has 0 spiro atoms. The van der Waals surface area contributed by atoms with Crippen LogP contribution in [0, 0.1) is 5.82 Å². The number of benzene rings is 2. The van der Waals surface area contributed by atoms with Crippen LogP contribution in [-0.4, -0.2) is 29.8 Å². The Hall–Kier alpha value is -2.86. The molecule has 0 saturated carbocycles. The molecular formula is C19H18ClFN4O. The van der Waals surface area contributed by atoms with Crippen LogP contribution in [-0.2, 0) is 6.54 Å². The first kappa shape index (κ1) is 17.9. The first-order chi connectivity index (χ1) is 12.4. The molecule has 0 saturated heterocycles. The van der Waals surface area contributed by atoms with E-state index < -0.39 is 5.82 Å². The van der Waals surface area contributed by atoms with E-state index in [1.165, 1.54) is 12.1 Å². The average molecular weight is 373 g/mol. The number of hydrogen-bond acceptors (Lipinski definition) is 3. The minimum Gasteiger partial charge on any atom is -0.378 e. The van der Waals surface area contributed by atoms with E-state index in [1.807, 2.05) is 37.2 Å². The molecule has 0 aliphatic carbocycles. The topological polar surface area (TPSA) is 50.2 Å². The molecule has 134 valence electrons. The smallest absolute Gasteiger partial charge is 0.256 e. The molecule has 7 heteroatoms. The van der Waals surface area contributed by atoms with Crippen LogP contribution in [0.5, 0.6) is 0 Å². The van der Waals surface area contributed by atoms with Gasteiger partial charge >= 0.3 is 0 Å². The lowest BCUT2D eigenvalue weighted by atomic mass is 10.2. The van der Waals surface area contributed by atoms with E-state index >= 15 is 0 Å². The number of hydrogen-bond donors (Lipinski definition) is 1. The van der Waals surface area contributed by atoms with Crippen LogP contribution in [0.1, 0.15) is 15.9 Å². The predicted molar refractivity (Wildman–Crippen MR) is 101 cm³/mol. The molecule has 0 atom stereocenters. The van der Waals surface area contributed by atoms with E-state index in [9.17, 15) is 9.18 Å². The van der Waals surface area contributed by atoms with Gasteiger partial charge in [0.05, 0.1) is 17.8 Å². The van der Waals surface area contributed by atoms with E-state index in [1.54, 1.807) is 29.1 Å². The molecular weight excluding hydrogens is 355 g/mol. The third-order valence-corrected chi connectivity index (χ3v) is 4.21. The summed E-state index contributed by atoms with van der Waals surface area (Å²) in [4.78, 5) is 14.5. The Morgan fingerprint density at radius 1 is 1.23 bits per heavy atom. The zero-order valence-corrected chi connectivity index (χ0v) is 15.2. The van der Waals surface area contributed by atoms with Gasteiger partial charge in [-0.05, 0) is 35.9 Å². The van der Waals surface area contributed by atoms with Crippen molar-refractivity contribution in [2.75, 3.05) is 24.3 Å². The lowest BCUT2D eigenvalue weighted by Crippen LogP contribution is -2.17. The number of amides is 1. The van der Waals surface area contributed by atoms with Gasteiger partial charge < -0.3 is 10.2 Å². The van der Waals surface area contributed by atoms with Crippen LogP contribution in [0.25, 0.3) is 0 Å². The lowest BCUT2D eigenvalue weighted by Gasteiger charge is -2.14. The molecule has 26 heavy (non-hydrogen) atoms. The molecule has 1 heterocycles. The number of carbonyl (C=O) groups is 1. The number of anilines is 2. The normalized spacial score (nSPS) is 10.6. The predicted octanol–water partition coefficient (Wildman–Crippen LogP) is 4.04. The summed E-state index contributed by atoms with van der Waals surface area (Å²) in [5, 5.41) is 7.11. The molecule has 1 amide bonds. The maximum atomic E-state index is 13.6. The zero-order valence-electron chi connectivity index (χ0n) is 14.4. The maximum Gasteiger partial charge on any atom is 0.256 e. The van der Waals surface area contributed by atoms with E-state index in [2.05, 4.69) is 10.4 Å². The number of rotatable bonds is 5. The Kier molecular flexibility index (Phi) is 5.23. The van der Waals surface area contributed by atoms with Gasteiger partial charge in [-0.2, -0.15) is 5.10 Å². The first-order valence-electron chi connectivity index (χ1n) is 7.98. The van der Waals surface area contributed by atoms with Crippen molar-refractivity contribution in [2.24, 2.45) is 0 Å². The second-order valence-electron chi connectivity index (χ2n) is 6.02. The average Bonchev–Trinajstić information content (AvgIpc) is 3.05. The second kappa shape index (κ2) is 7.58. The van der Waals surface area contributed by atoms with Crippen molar-refractivity contribution in [1.82, 2.24) is 9.78 Å². The molecule has 0 bridgehead atoms. The molecule has 1 N–H and O–H groups in total. The highest BCUT2D eigenvalue weighted by molar-refractivity contribution is 6.30.